The van der Waals surface area contributed by atoms with Gasteiger partial charge in [0.25, 0.3) is 0 Å². The number of rotatable bonds is 1. The highest BCUT2D eigenvalue weighted by molar-refractivity contribution is 5.70. The molecule has 1 fully saturated rings. The molecule has 1 rings (SSSR count). The molecular weight excluding hydrogens is 192 g/mol. The van der Waals surface area contributed by atoms with Gasteiger partial charge >= 0.3 is 6.09 Å². The number of hydrogen-bond acceptors (Lipinski definition) is 3. The van der Waals surface area contributed by atoms with Gasteiger partial charge in [-0.15, -0.1) is 0 Å². The van der Waals surface area contributed by atoms with Crippen molar-refractivity contribution in [2.24, 2.45) is 11.7 Å². The summed E-state index contributed by atoms with van der Waals surface area (Å²) < 4.78 is 5.32. The normalized spacial score (nSPS) is 24.7. The van der Waals surface area contributed by atoms with Gasteiger partial charge in [0, 0.05) is 18.0 Å². The van der Waals surface area contributed by atoms with Crippen LogP contribution in [0.3, 0.4) is 0 Å². The lowest BCUT2D eigenvalue weighted by molar-refractivity contribution is -0.0652. The number of likely N-dealkylation sites (tertiary alicyclic amines) is 1. The second kappa shape index (κ2) is 3.67. The maximum Gasteiger partial charge on any atom is 0.410 e. The Bertz CT molecular complexity index is 256. The Morgan fingerprint density at radius 1 is 1.53 bits per heavy atom. The first-order chi connectivity index (χ1) is 6.68. The number of nitrogens with two attached hydrogens (primary N) is 1. The van der Waals surface area contributed by atoms with E-state index in [0.717, 1.165) is 0 Å². The molecule has 0 aliphatic carbocycles. The van der Waals surface area contributed by atoms with Gasteiger partial charge in [-0.2, -0.15) is 0 Å². The van der Waals surface area contributed by atoms with Gasteiger partial charge < -0.3 is 15.4 Å². The summed E-state index contributed by atoms with van der Waals surface area (Å²) >= 11 is 0. The Labute approximate surface area is 91.8 Å². The van der Waals surface area contributed by atoms with E-state index in [1.165, 1.54) is 0 Å². The van der Waals surface area contributed by atoms with Crippen LogP contribution < -0.4 is 5.73 Å². The topological polar surface area (TPSA) is 55.6 Å². The zero-order valence-electron chi connectivity index (χ0n) is 10.3. The van der Waals surface area contributed by atoms with E-state index in [2.05, 4.69) is 0 Å². The first-order valence-electron chi connectivity index (χ1n) is 5.39. The van der Waals surface area contributed by atoms with Crippen molar-refractivity contribution < 1.29 is 9.53 Å². The molecule has 2 N–H and O–H groups in total. The average Bonchev–Trinajstić information content (AvgIpc) is 1.99. The first-order valence-corrected chi connectivity index (χ1v) is 5.39. The smallest absolute Gasteiger partial charge is 0.410 e. The maximum absolute atomic E-state index is 11.8. The van der Waals surface area contributed by atoms with E-state index in [9.17, 15) is 4.79 Å². The van der Waals surface area contributed by atoms with E-state index in [0.29, 0.717) is 19.0 Å². The largest absolute Gasteiger partial charge is 0.444 e. The zero-order chi connectivity index (χ0) is 11.9. The summed E-state index contributed by atoms with van der Waals surface area (Å²) in [6.45, 7) is 11.0. The van der Waals surface area contributed by atoms with E-state index in [4.69, 9.17) is 10.5 Å². The van der Waals surface area contributed by atoms with Crippen LogP contribution in [-0.2, 0) is 4.74 Å². The molecule has 4 heteroatoms. The Hall–Kier alpha value is -0.770. The second-order valence-corrected chi connectivity index (χ2v) is 5.68. The van der Waals surface area contributed by atoms with E-state index in [-0.39, 0.29) is 11.6 Å². The number of nitrogens with zero attached hydrogens (tertiary/aromatic N) is 1. The lowest BCUT2D eigenvalue weighted by Gasteiger charge is -2.54. The summed E-state index contributed by atoms with van der Waals surface area (Å²) in [6, 6.07) is 0. The molecule has 0 aromatic carbocycles. The van der Waals surface area contributed by atoms with Crippen molar-refractivity contribution in [2.45, 2.75) is 45.8 Å². The average molecular weight is 214 g/mol. The maximum atomic E-state index is 11.8. The molecule has 1 amide bonds. The Morgan fingerprint density at radius 2 is 2.07 bits per heavy atom. The van der Waals surface area contributed by atoms with Crippen LogP contribution in [0.15, 0.2) is 0 Å². The molecule has 15 heavy (non-hydrogen) atoms. The molecule has 0 bridgehead atoms. The van der Waals surface area contributed by atoms with Crippen molar-refractivity contribution in [3.8, 4) is 0 Å². The summed E-state index contributed by atoms with van der Waals surface area (Å²) in [5, 5.41) is 0. The van der Waals surface area contributed by atoms with Crippen LogP contribution in [0.1, 0.15) is 34.6 Å². The second-order valence-electron chi connectivity index (χ2n) is 5.68. The third-order valence-electron chi connectivity index (χ3n) is 3.00. The van der Waals surface area contributed by atoms with Crippen LogP contribution >= 0.6 is 0 Å². The number of amides is 1. The number of ether oxygens (including phenoxy) is 1. The standard InChI is InChI=1S/C11H22N2O2/c1-10(2,3)15-9(14)13-7-8(6-12)11(13,4)5/h8H,6-7,12H2,1-5H3/t8-/m1/s1. The molecule has 0 spiro atoms. The molecule has 0 aromatic heterocycles. The minimum Gasteiger partial charge on any atom is -0.444 e. The molecule has 4 nitrogen and oxygen atoms in total. The summed E-state index contributed by atoms with van der Waals surface area (Å²) in [5.41, 5.74) is 5.02. The molecule has 0 radical (unpaired) electrons. The van der Waals surface area contributed by atoms with Crippen molar-refractivity contribution in [3.63, 3.8) is 0 Å². The zero-order valence-corrected chi connectivity index (χ0v) is 10.3. The highest BCUT2D eigenvalue weighted by atomic mass is 16.6. The number of carbonyl (C=O) groups excluding carboxylic acids is 1. The fourth-order valence-electron chi connectivity index (χ4n) is 1.78. The minimum atomic E-state index is -0.430. The van der Waals surface area contributed by atoms with Gasteiger partial charge in [0.1, 0.15) is 5.60 Å². The lowest BCUT2D eigenvalue weighted by atomic mass is 9.77. The first kappa shape index (κ1) is 12.3. The summed E-state index contributed by atoms with van der Waals surface area (Å²) in [7, 11) is 0. The van der Waals surface area contributed by atoms with Gasteiger partial charge in [0.15, 0.2) is 0 Å². The van der Waals surface area contributed by atoms with Crippen molar-refractivity contribution in [2.75, 3.05) is 13.1 Å². The van der Waals surface area contributed by atoms with Gasteiger partial charge in [-0.05, 0) is 41.2 Å². The highest BCUT2D eigenvalue weighted by Gasteiger charge is 2.49. The molecule has 88 valence electrons. The van der Waals surface area contributed by atoms with Crippen LogP contribution in [0.4, 0.5) is 4.79 Å². The highest BCUT2D eigenvalue weighted by Crippen LogP contribution is 2.36. The molecule has 0 saturated carbocycles. The summed E-state index contributed by atoms with van der Waals surface area (Å²) in [6.07, 6.45) is -0.239. The van der Waals surface area contributed by atoms with Gasteiger partial charge in [0.05, 0.1) is 0 Å². The van der Waals surface area contributed by atoms with Crippen molar-refractivity contribution >= 4 is 6.09 Å². The SMILES string of the molecule is CC(C)(C)OC(=O)N1C[C@@H](CN)C1(C)C. The molecule has 0 unspecified atom stereocenters. The number of carbonyl (C=O) groups is 1. The van der Waals surface area contributed by atoms with Crippen LogP contribution in [0.2, 0.25) is 0 Å². The van der Waals surface area contributed by atoms with Crippen LogP contribution in [0, 0.1) is 5.92 Å². The van der Waals surface area contributed by atoms with Crippen molar-refractivity contribution in [1.29, 1.82) is 0 Å². The fraction of sp³-hybridized carbons (Fsp3) is 0.909. The van der Waals surface area contributed by atoms with Gasteiger partial charge in [-0.1, -0.05) is 0 Å². The Morgan fingerprint density at radius 3 is 2.40 bits per heavy atom. The predicted octanol–water partition coefficient (Wildman–Crippen LogP) is 1.59. The van der Waals surface area contributed by atoms with E-state index in [1.54, 1.807) is 4.90 Å². The summed E-state index contributed by atoms with van der Waals surface area (Å²) in [4.78, 5) is 13.5. The number of hydrogen-bond donors (Lipinski definition) is 1. The van der Waals surface area contributed by atoms with Gasteiger partial charge in [0.2, 0.25) is 0 Å². The van der Waals surface area contributed by atoms with Crippen LogP contribution in [0.25, 0.3) is 0 Å². The quantitative estimate of drug-likeness (QED) is 0.721. The third kappa shape index (κ3) is 2.43. The summed E-state index contributed by atoms with van der Waals surface area (Å²) in [5.74, 6) is 0.380. The van der Waals surface area contributed by atoms with E-state index < -0.39 is 5.60 Å². The molecule has 1 aliphatic heterocycles. The van der Waals surface area contributed by atoms with Crippen molar-refractivity contribution in [3.05, 3.63) is 0 Å². The minimum absolute atomic E-state index is 0.170. The van der Waals surface area contributed by atoms with Crippen LogP contribution in [-0.4, -0.2) is 35.2 Å². The molecule has 1 atom stereocenters. The van der Waals surface area contributed by atoms with Gasteiger partial charge in [-0.25, -0.2) is 4.79 Å². The Balaban J connectivity index is 2.58. The lowest BCUT2D eigenvalue weighted by Crippen LogP contribution is -2.68. The molecule has 1 heterocycles. The molecule has 1 aliphatic rings. The Kier molecular flexibility index (Phi) is 3.01. The fourth-order valence-corrected chi connectivity index (χ4v) is 1.78. The van der Waals surface area contributed by atoms with Crippen LogP contribution in [0.5, 0.6) is 0 Å². The predicted molar refractivity (Wildman–Crippen MR) is 59.6 cm³/mol. The molecule has 0 aromatic rings. The van der Waals surface area contributed by atoms with Crippen molar-refractivity contribution in [1.82, 2.24) is 4.90 Å². The molecule has 1 saturated heterocycles. The third-order valence-corrected chi connectivity index (χ3v) is 3.00. The molecular formula is C11H22N2O2. The van der Waals surface area contributed by atoms with Gasteiger partial charge in [-0.3, -0.25) is 0 Å². The monoisotopic (exact) mass is 214 g/mol. The van der Waals surface area contributed by atoms with E-state index >= 15 is 0 Å². The van der Waals surface area contributed by atoms with E-state index in [1.807, 2.05) is 34.6 Å².